The van der Waals surface area contributed by atoms with Gasteiger partial charge in [-0.25, -0.2) is 0 Å². The number of esters is 2. The van der Waals surface area contributed by atoms with Crippen molar-refractivity contribution >= 4 is 60.9 Å². The lowest BCUT2D eigenvalue weighted by atomic mass is 9.98. The quantitative estimate of drug-likeness (QED) is 0.0631. The summed E-state index contributed by atoms with van der Waals surface area (Å²) in [4.78, 5) is 47.0. The van der Waals surface area contributed by atoms with Crippen LogP contribution in [0.25, 0.3) is 0 Å². The van der Waals surface area contributed by atoms with Gasteiger partial charge >= 0.3 is 27.1 Å². The Bertz CT molecular complexity index is 1050. The van der Waals surface area contributed by atoms with Gasteiger partial charge in [0.2, 0.25) is 13.6 Å². The summed E-state index contributed by atoms with van der Waals surface area (Å²) in [5.41, 5.74) is -2.94. The Morgan fingerprint density at radius 1 is 0.510 bits per heavy atom. The van der Waals surface area contributed by atoms with Gasteiger partial charge in [0.05, 0.1) is 35.4 Å². The molecule has 0 aromatic carbocycles. The minimum atomic E-state index is -3.56. The van der Waals surface area contributed by atoms with Crippen molar-refractivity contribution in [3.8, 4) is 0 Å². The highest BCUT2D eigenvalue weighted by Gasteiger charge is 2.33. The fourth-order valence-corrected chi connectivity index (χ4v) is 6.69. The highest BCUT2D eigenvalue weighted by Crippen LogP contribution is 2.53. The Hall–Kier alpha value is -0.720. The molecule has 0 aliphatic carbocycles. The van der Waals surface area contributed by atoms with E-state index in [2.05, 4.69) is 0 Å². The third-order valence-electron chi connectivity index (χ3n) is 5.74. The Morgan fingerprint density at radius 3 is 1.00 bits per heavy atom. The van der Waals surface area contributed by atoms with Crippen LogP contribution in [0.4, 0.5) is 0 Å². The average Bonchev–Trinajstić information content (AvgIpc) is 2.91. The molecule has 0 aromatic heterocycles. The van der Waals surface area contributed by atoms with Gasteiger partial charge in [-0.15, -0.1) is 0 Å². The maximum absolute atomic E-state index is 12.8. The van der Waals surface area contributed by atoms with E-state index in [1.807, 2.05) is 41.5 Å². The molecule has 0 spiro atoms. The molecular formula is C33H66O12P2S2. The molecule has 0 rings (SSSR count). The number of hydrogen-bond donors (Lipinski definition) is 0. The van der Waals surface area contributed by atoms with Gasteiger partial charge in [-0.3, -0.25) is 37.4 Å². The molecule has 0 saturated heterocycles. The summed E-state index contributed by atoms with van der Waals surface area (Å²) in [6.45, 7) is 27.6. The molecule has 16 heteroatoms. The second-order valence-corrected chi connectivity index (χ2v) is 23.0. The number of rotatable bonds is 16. The molecule has 0 bridgehead atoms. The maximum Gasteiger partial charge on any atom is 0.338 e. The fourth-order valence-electron chi connectivity index (χ4n) is 2.44. The molecule has 0 saturated carbocycles. The number of hydrogen-bond acceptors (Lipinski definition) is 14. The van der Waals surface area contributed by atoms with Gasteiger partial charge in [0.25, 0.3) is 0 Å². The SMILES string of the molecule is C.CC(C)P(=O)(OCCSC(=O)C(C)(C)C)OCCSC(=O)C(C)(C)C.CC(C)P(=O)(OCOC(=O)C(C)(C)C)OCOC(=O)C(C)(C)C. The smallest absolute Gasteiger partial charge is 0.338 e. The molecule has 0 atom stereocenters. The van der Waals surface area contributed by atoms with Crippen LogP contribution in [-0.2, 0) is 55.9 Å². The van der Waals surface area contributed by atoms with E-state index in [0.29, 0.717) is 11.5 Å². The van der Waals surface area contributed by atoms with Gasteiger partial charge in [-0.1, -0.05) is 100 Å². The number of carbonyl (C=O) groups excluding carboxylic acids is 4. The molecule has 0 amide bonds. The minimum absolute atomic E-state index is 0. The van der Waals surface area contributed by atoms with Crippen molar-refractivity contribution in [3.05, 3.63) is 0 Å². The van der Waals surface area contributed by atoms with Crippen LogP contribution in [0.3, 0.4) is 0 Å². The van der Waals surface area contributed by atoms with E-state index >= 15 is 0 Å². The normalized spacial score (nSPS) is 12.9. The van der Waals surface area contributed by atoms with Crippen LogP contribution < -0.4 is 0 Å². The first-order valence-corrected chi connectivity index (χ1v) is 21.1. The number of carbonyl (C=O) groups is 4. The summed E-state index contributed by atoms with van der Waals surface area (Å²) < 4.78 is 56.4. The van der Waals surface area contributed by atoms with Gasteiger partial charge in [-0.05, 0) is 41.5 Å². The highest BCUT2D eigenvalue weighted by molar-refractivity contribution is 8.14. The summed E-state index contributed by atoms with van der Waals surface area (Å²) in [5, 5.41) is 0.155. The molecule has 49 heavy (non-hydrogen) atoms. The molecule has 0 unspecified atom stereocenters. The molecule has 12 nitrogen and oxygen atoms in total. The second kappa shape index (κ2) is 22.4. The van der Waals surface area contributed by atoms with Crippen molar-refractivity contribution in [1.29, 1.82) is 0 Å². The molecule has 0 N–H and O–H groups in total. The predicted molar refractivity (Wildman–Crippen MR) is 201 cm³/mol. The zero-order valence-corrected chi connectivity index (χ0v) is 35.4. The summed E-state index contributed by atoms with van der Waals surface area (Å²) >= 11 is 2.36. The first-order chi connectivity index (χ1) is 21.4. The van der Waals surface area contributed by atoms with Crippen LogP contribution in [-0.4, -0.2) is 71.8 Å². The van der Waals surface area contributed by atoms with Gasteiger partial charge in [0.1, 0.15) is 0 Å². The molecule has 0 aromatic rings. The van der Waals surface area contributed by atoms with E-state index in [0.717, 1.165) is 0 Å². The van der Waals surface area contributed by atoms with Crippen molar-refractivity contribution in [2.45, 2.75) is 130 Å². The van der Waals surface area contributed by atoms with Crippen LogP contribution >= 0.6 is 38.7 Å². The van der Waals surface area contributed by atoms with E-state index in [1.165, 1.54) is 23.5 Å². The third-order valence-corrected chi connectivity index (χ3v) is 12.8. The van der Waals surface area contributed by atoms with Gasteiger partial charge in [0, 0.05) is 22.3 Å². The second-order valence-electron chi connectivity index (χ2n) is 15.6. The average molecular weight is 781 g/mol. The van der Waals surface area contributed by atoms with Crippen LogP contribution in [0.5, 0.6) is 0 Å². The van der Waals surface area contributed by atoms with E-state index in [4.69, 9.17) is 27.6 Å². The van der Waals surface area contributed by atoms with Crippen LogP contribution in [0.1, 0.15) is 118 Å². The topological polar surface area (TPSA) is 158 Å². The fraction of sp³-hybridized carbons (Fsp3) is 0.879. The minimum Gasteiger partial charge on any atom is -0.438 e. The molecule has 0 aliphatic rings. The Balaban J connectivity index is -0.000000849. The zero-order valence-electron chi connectivity index (χ0n) is 32.0. The van der Waals surface area contributed by atoms with Crippen molar-refractivity contribution in [3.63, 3.8) is 0 Å². The van der Waals surface area contributed by atoms with Crippen molar-refractivity contribution in [2.24, 2.45) is 21.7 Å². The lowest BCUT2D eigenvalue weighted by molar-refractivity contribution is -0.162. The molecular weight excluding hydrogens is 714 g/mol. The Kier molecular flexibility index (Phi) is 24.0. The molecule has 0 fully saturated rings. The third kappa shape index (κ3) is 22.7. The predicted octanol–water partition coefficient (Wildman–Crippen LogP) is 9.58. The summed E-state index contributed by atoms with van der Waals surface area (Å²) in [7, 11) is -6.80. The molecule has 0 aliphatic heterocycles. The maximum atomic E-state index is 12.8. The number of thioether (sulfide) groups is 2. The lowest BCUT2D eigenvalue weighted by Gasteiger charge is -2.23. The molecule has 292 valence electrons. The lowest BCUT2D eigenvalue weighted by Crippen LogP contribution is -2.25. The largest absolute Gasteiger partial charge is 0.438 e. The summed E-state index contributed by atoms with van der Waals surface area (Å²) in [5.74, 6) is -0.0835. The zero-order chi connectivity index (χ0) is 38.4. The monoisotopic (exact) mass is 780 g/mol. The van der Waals surface area contributed by atoms with Crippen LogP contribution in [0.2, 0.25) is 0 Å². The van der Waals surface area contributed by atoms with Crippen molar-refractivity contribution in [1.82, 2.24) is 0 Å². The van der Waals surface area contributed by atoms with Gasteiger partial charge in [0.15, 0.2) is 10.2 Å². The van der Waals surface area contributed by atoms with Gasteiger partial charge < -0.3 is 18.5 Å². The molecule has 0 heterocycles. The standard InChI is InChI=1S/C17H33O5PS2.C15H29O7P.CH4/c1-13(2)23(20,21-9-11-24-14(18)16(3,4)5)22-10-12-25-15(19)17(6,7)8;1-11(2)23(18,21-9-19-12(16)14(3,4)5)22-10-20-13(17)15(6,7)8;/h13H,9-12H2,1-8H3;11H,9-10H2,1-8H3;1H4. The first kappa shape index (κ1) is 52.6. The van der Waals surface area contributed by atoms with Crippen molar-refractivity contribution < 1.29 is 55.9 Å². The van der Waals surface area contributed by atoms with E-state index < -0.39 is 68.0 Å². The first-order valence-electron chi connectivity index (χ1n) is 15.9. The summed E-state index contributed by atoms with van der Waals surface area (Å²) in [6.07, 6.45) is 0. The van der Waals surface area contributed by atoms with Crippen molar-refractivity contribution in [2.75, 3.05) is 38.3 Å². The summed E-state index contributed by atoms with van der Waals surface area (Å²) in [6, 6.07) is 0. The highest BCUT2D eigenvalue weighted by atomic mass is 32.2. The van der Waals surface area contributed by atoms with Crippen LogP contribution in [0.15, 0.2) is 0 Å². The Labute approximate surface area is 305 Å². The van der Waals surface area contributed by atoms with Gasteiger partial charge in [-0.2, -0.15) is 0 Å². The van der Waals surface area contributed by atoms with E-state index in [9.17, 15) is 28.3 Å². The Morgan fingerprint density at radius 2 is 0.776 bits per heavy atom. The van der Waals surface area contributed by atoms with E-state index in [1.54, 1.807) is 69.2 Å². The van der Waals surface area contributed by atoms with E-state index in [-0.39, 0.29) is 36.5 Å². The van der Waals surface area contributed by atoms with Crippen LogP contribution in [0, 0.1) is 21.7 Å². The molecule has 0 radical (unpaired) electrons. The number of ether oxygens (including phenoxy) is 2.